The van der Waals surface area contributed by atoms with Gasteiger partial charge in [0, 0.05) is 22.2 Å². The summed E-state index contributed by atoms with van der Waals surface area (Å²) in [5, 5.41) is 7.08. The molecule has 2 atom stereocenters. The van der Waals surface area contributed by atoms with Crippen LogP contribution in [-0.4, -0.2) is 6.61 Å². The molecule has 0 bridgehead atoms. The average molecular weight is 322 g/mol. The molecule has 1 N–H and O–H groups in total. The largest absolute Gasteiger partial charge is 0.493 e. The van der Waals surface area contributed by atoms with Gasteiger partial charge in [0.25, 0.3) is 0 Å². The van der Waals surface area contributed by atoms with Crippen LogP contribution in [0.5, 0.6) is 5.75 Å². The molecule has 0 amide bonds. The number of anilines is 1. The fraction of sp³-hybridized carbons (Fsp3) is 0.200. The molecule has 0 radical (unpaired) electrons. The number of rotatable bonds is 0. The van der Waals surface area contributed by atoms with Gasteiger partial charge in [-0.3, -0.25) is 0 Å². The summed E-state index contributed by atoms with van der Waals surface area (Å²) in [4.78, 5) is 0. The van der Waals surface area contributed by atoms with Gasteiger partial charge < -0.3 is 10.1 Å². The molecule has 23 heavy (non-hydrogen) atoms. The monoisotopic (exact) mass is 321 g/mol. The van der Waals surface area contributed by atoms with Crippen LogP contribution in [-0.2, 0) is 6.42 Å². The Morgan fingerprint density at radius 3 is 2.91 bits per heavy atom. The normalized spacial score (nSPS) is 21.6. The van der Waals surface area contributed by atoms with Crippen LogP contribution in [0.2, 0.25) is 5.02 Å². The van der Waals surface area contributed by atoms with E-state index in [2.05, 4.69) is 53.8 Å². The molecule has 3 aromatic carbocycles. The number of halogens is 1. The van der Waals surface area contributed by atoms with Gasteiger partial charge in [-0.25, -0.2) is 0 Å². The highest BCUT2D eigenvalue weighted by molar-refractivity contribution is 6.30. The van der Waals surface area contributed by atoms with Crippen LogP contribution in [0.1, 0.15) is 17.2 Å². The molecule has 2 nitrogen and oxygen atoms in total. The topological polar surface area (TPSA) is 21.3 Å². The van der Waals surface area contributed by atoms with Crippen LogP contribution in [0.4, 0.5) is 5.69 Å². The highest BCUT2D eigenvalue weighted by Crippen LogP contribution is 2.46. The van der Waals surface area contributed by atoms with Crippen molar-refractivity contribution in [2.24, 2.45) is 5.92 Å². The highest BCUT2D eigenvalue weighted by Gasteiger charge is 2.36. The van der Waals surface area contributed by atoms with Crippen molar-refractivity contribution >= 4 is 28.1 Å². The second-order valence-corrected chi connectivity index (χ2v) is 6.83. The third-order valence-corrected chi connectivity index (χ3v) is 5.26. The minimum atomic E-state index is 0.290. The lowest BCUT2D eigenvalue weighted by molar-refractivity contribution is 0.199. The maximum atomic E-state index is 6.15. The Morgan fingerprint density at radius 2 is 1.96 bits per heavy atom. The second-order valence-electron chi connectivity index (χ2n) is 6.40. The van der Waals surface area contributed by atoms with Crippen molar-refractivity contribution in [3.05, 3.63) is 70.7 Å². The minimum Gasteiger partial charge on any atom is -0.493 e. The number of hydrogen-bond acceptors (Lipinski definition) is 2. The molecule has 0 saturated carbocycles. The van der Waals surface area contributed by atoms with Crippen molar-refractivity contribution in [3.63, 3.8) is 0 Å². The zero-order valence-corrected chi connectivity index (χ0v) is 13.3. The van der Waals surface area contributed by atoms with Gasteiger partial charge in [0.2, 0.25) is 0 Å². The van der Waals surface area contributed by atoms with Gasteiger partial charge in [0.1, 0.15) is 5.75 Å². The molecule has 0 fully saturated rings. The van der Waals surface area contributed by atoms with E-state index in [1.807, 2.05) is 6.07 Å². The maximum Gasteiger partial charge on any atom is 0.125 e. The van der Waals surface area contributed by atoms with Crippen LogP contribution in [0, 0.1) is 5.92 Å². The van der Waals surface area contributed by atoms with E-state index < -0.39 is 0 Å². The first-order valence-corrected chi connectivity index (χ1v) is 8.37. The molecule has 3 heteroatoms. The van der Waals surface area contributed by atoms with Gasteiger partial charge >= 0.3 is 0 Å². The van der Waals surface area contributed by atoms with Gasteiger partial charge in [0.15, 0.2) is 0 Å². The molecule has 0 aliphatic carbocycles. The first kappa shape index (κ1) is 13.3. The fourth-order valence-corrected chi connectivity index (χ4v) is 4.13. The molecule has 2 aliphatic rings. The standard InChI is InChI=1S/C20H16ClNO/c21-15-6-7-17-13(10-15)9-14-11-23-18-8-5-12-3-1-2-4-16(12)19(18)20(14)22-17/h1-8,10,14,20,22H,9,11H2. The van der Waals surface area contributed by atoms with Gasteiger partial charge in [0.05, 0.1) is 12.6 Å². The zero-order chi connectivity index (χ0) is 15.4. The number of nitrogens with one attached hydrogen (secondary N) is 1. The van der Waals surface area contributed by atoms with E-state index in [0.717, 1.165) is 23.8 Å². The molecule has 5 rings (SSSR count). The highest BCUT2D eigenvalue weighted by atomic mass is 35.5. The number of hydrogen-bond donors (Lipinski definition) is 1. The molecule has 2 unspecified atom stereocenters. The van der Waals surface area contributed by atoms with Gasteiger partial charge in [-0.2, -0.15) is 0 Å². The average Bonchev–Trinajstić information content (AvgIpc) is 2.59. The predicted octanol–water partition coefficient (Wildman–Crippen LogP) is 5.21. The van der Waals surface area contributed by atoms with Crippen molar-refractivity contribution in [1.29, 1.82) is 0 Å². The summed E-state index contributed by atoms with van der Waals surface area (Å²) in [5.74, 6) is 1.44. The third-order valence-electron chi connectivity index (χ3n) is 5.03. The van der Waals surface area contributed by atoms with Crippen molar-refractivity contribution in [2.45, 2.75) is 12.5 Å². The van der Waals surface area contributed by atoms with E-state index in [0.29, 0.717) is 12.0 Å². The molecule has 2 aliphatic heterocycles. The molecule has 0 aromatic heterocycles. The quantitative estimate of drug-likeness (QED) is 0.613. The fourth-order valence-electron chi connectivity index (χ4n) is 3.94. The van der Waals surface area contributed by atoms with Crippen LogP contribution >= 0.6 is 11.6 Å². The SMILES string of the molecule is Clc1ccc2c(c1)CC1COc3ccc4ccccc4c3C1N2. The lowest BCUT2D eigenvalue weighted by atomic mass is 9.80. The first-order chi connectivity index (χ1) is 11.3. The summed E-state index contributed by atoms with van der Waals surface area (Å²) in [6.07, 6.45) is 0.996. The Hall–Kier alpha value is -2.19. The van der Waals surface area contributed by atoms with E-state index in [-0.39, 0.29) is 0 Å². The lowest BCUT2D eigenvalue weighted by Gasteiger charge is -2.39. The predicted molar refractivity (Wildman–Crippen MR) is 94.5 cm³/mol. The van der Waals surface area contributed by atoms with Crippen molar-refractivity contribution in [1.82, 2.24) is 0 Å². The van der Waals surface area contributed by atoms with Gasteiger partial charge in [-0.15, -0.1) is 0 Å². The molecule has 2 heterocycles. The summed E-state index contributed by atoms with van der Waals surface area (Å²) in [7, 11) is 0. The Morgan fingerprint density at radius 1 is 1.04 bits per heavy atom. The molecular formula is C20H16ClNO. The van der Waals surface area contributed by atoms with E-state index >= 15 is 0 Å². The lowest BCUT2D eigenvalue weighted by Crippen LogP contribution is -2.35. The number of fused-ring (bicyclic) bond motifs is 6. The molecule has 0 saturated heterocycles. The summed E-state index contributed by atoms with van der Waals surface area (Å²) in [6, 6.07) is 19.2. The Kier molecular flexibility index (Phi) is 2.83. The summed E-state index contributed by atoms with van der Waals surface area (Å²) in [6.45, 7) is 0.745. The van der Waals surface area contributed by atoms with E-state index in [9.17, 15) is 0 Å². The zero-order valence-electron chi connectivity index (χ0n) is 12.6. The van der Waals surface area contributed by atoms with Crippen LogP contribution in [0.25, 0.3) is 10.8 Å². The van der Waals surface area contributed by atoms with Crippen LogP contribution in [0.3, 0.4) is 0 Å². The minimum absolute atomic E-state index is 0.290. The molecule has 3 aromatic rings. The summed E-state index contributed by atoms with van der Waals surface area (Å²) >= 11 is 6.15. The first-order valence-electron chi connectivity index (χ1n) is 7.99. The van der Waals surface area contributed by atoms with E-state index in [1.54, 1.807) is 0 Å². The summed E-state index contributed by atoms with van der Waals surface area (Å²) < 4.78 is 6.07. The van der Waals surface area contributed by atoms with Gasteiger partial charge in [-0.05, 0) is 47.0 Å². The number of benzene rings is 3. The number of ether oxygens (including phenoxy) is 1. The van der Waals surface area contributed by atoms with Crippen molar-refractivity contribution in [2.75, 3.05) is 11.9 Å². The maximum absolute atomic E-state index is 6.15. The second kappa shape index (κ2) is 4.90. The Bertz CT molecular complexity index is 921. The van der Waals surface area contributed by atoms with Crippen LogP contribution in [0.15, 0.2) is 54.6 Å². The van der Waals surface area contributed by atoms with E-state index in [1.165, 1.54) is 27.6 Å². The van der Waals surface area contributed by atoms with Crippen molar-refractivity contribution in [3.8, 4) is 5.75 Å². The smallest absolute Gasteiger partial charge is 0.125 e. The Balaban J connectivity index is 1.69. The molecule has 114 valence electrons. The molecule has 0 spiro atoms. The molecular weight excluding hydrogens is 306 g/mol. The van der Waals surface area contributed by atoms with E-state index in [4.69, 9.17) is 16.3 Å². The summed E-state index contributed by atoms with van der Waals surface area (Å²) in [5.41, 5.74) is 3.77. The van der Waals surface area contributed by atoms with Gasteiger partial charge in [-0.1, -0.05) is 41.9 Å². The third kappa shape index (κ3) is 2.02. The van der Waals surface area contributed by atoms with Crippen LogP contribution < -0.4 is 10.1 Å². The van der Waals surface area contributed by atoms with Crippen molar-refractivity contribution < 1.29 is 4.74 Å². The Labute approximate surface area is 140 Å².